The Labute approximate surface area is 604 Å². The lowest BCUT2D eigenvalue weighted by Crippen LogP contribution is -2.32. The van der Waals surface area contributed by atoms with Gasteiger partial charge in [-0.25, -0.2) is 59.2 Å². The topological polar surface area (TPSA) is 546 Å². The van der Waals surface area contributed by atoms with E-state index in [-0.39, 0.29) is 17.5 Å². The van der Waals surface area contributed by atoms with Crippen LogP contribution >= 0.6 is 23.5 Å². The van der Waals surface area contributed by atoms with Gasteiger partial charge in [-0.2, -0.15) is 0 Å². The first-order valence-electron chi connectivity index (χ1n) is 32.9. The van der Waals surface area contributed by atoms with Crippen LogP contribution in [0.25, 0.3) is 39.6 Å². The third-order valence-electron chi connectivity index (χ3n) is 16.8. The van der Waals surface area contributed by atoms with Gasteiger partial charge in [-0.1, -0.05) is 97.1 Å². The zero-order valence-electron chi connectivity index (χ0n) is 56.3. The number of carbonyl (C=O) groups is 3. The second kappa shape index (κ2) is 33.1. The van der Waals surface area contributed by atoms with Gasteiger partial charge in [0.05, 0.1) is 38.8 Å². The highest BCUT2D eigenvalue weighted by molar-refractivity contribution is 7.45. The third-order valence-corrected chi connectivity index (χ3v) is 18.2. The molecule has 15 rings (SSSR count). The van der Waals surface area contributed by atoms with E-state index in [1.807, 2.05) is 97.1 Å². The molecule has 6 amide bonds. The number of hydrogen-bond acceptors (Lipinski definition) is 30. The summed E-state index contributed by atoms with van der Waals surface area (Å²) in [6.45, 7) is 5.20. The average Bonchev–Trinajstić information content (AvgIpc) is 1.60. The Kier molecular flexibility index (Phi) is 23.5. The van der Waals surface area contributed by atoms with Gasteiger partial charge in [-0.05, 0) is 32.4 Å². The maximum absolute atomic E-state index is 12.0. The van der Waals surface area contributed by atoms with Crippen molar-refractivity contribution < 1.29 is 114 Å². The van der Waals surface area contributed by atoms with Crippen LogP contribution in [0.1, 0.15) is 68.7 Å². The number of imidazole rings is 3. The number of hydrogen-bond donors (Lipinski definition) is 9. The number of rotatable bonds is 22. The van der Waals surface area contributed by atoms with E-state index in [9.17, 15) is 42.8 Å². The zero-order chi connectivity index (χ0) is 75.2. The number of fused-ring (bicyclic) bond motifs is 6. The van der Waals surface area contributed by atoms with Crippen molar-refractivity contribution in [3.05, 3.63) is 152 Å². The standard InChI is InChI=1S/C22H25N6O8P.2C20H23N6O8P/c1-2-23-22(29)27-19-16-20(25-11-24-19)28(12-26-16)21-18-17(14(34-21)10-33-37(30,31)32)35-15(36-18)9-8-13-6-4-3-5-7-13;2*1-2-21-20(27)25-16-13-17(23-9-22-16)26(10-24-13)18-15-14(12(32-18)8-31-35(28,29)30)33-19(34-15)11-6-4-3-5-7-11/h3-9,11-12,14-15,17-18,21H,2,10H2,1H3,(H2,30,31,32)(H2,23,24,25,27,29);2*3-7,9-10,12,14-15,18-19H,2,8H2,1H3,(H2,28,29,30)(H2,21,22,23,25,27)/p-3/b9-8+;;/t14-,15+,17?,18+,21-;12-,14?,15+,18-,19+;12-,14?,15+,18-,19-/m111/s1. The molecule has 568 valence electrons. The Balaban J connectivity index is 0.000000142. The number of ether oxygens (including phenoxy) is 9. The first kappa shape index (κ1) is 76.0. The van der Waals surface area contributed by atoms with Crippen molar-refractivity contribution in [2.75, 3.05) is 55.4 Å². The molecule has 6 unspecified atom stereocenters. The lowest BCUT2D eigenvalue weighted by Gasteiger charge is -2.23. The number of aromatic nitrogens is 12. The summed E-state index contributed by atoms with van der Waals surface area (Å²) < 4.78 is 107. The lowest BCUT2D eigenvalue weighted by atomic mass is 10.1. The molecule has 6 fully saturated rings. The zero-order valence-corrected chi connectivity index (χ0v) is 59.0. The fourth-order valence-corrected chi connectivity index (χ4v) is 13.3. The maximum atomic E-state index is 12.0. The third kappa shape index (κ3) is 18.0. The molecular formula is C62H68N18O24P3-3. The van der Waals surface area contributed by atoms with Crippen molar-refractivity contribution in [1.82, 2.24) is 74.5 Å². The van der Waals surface area contributed by atoms with Gasteiger partial charge in [-0.15, -0.1) is 0 Å². The predicted octanol–water partition coefficient (Wildman–Crippen LogP) is 2.82. The van der Waals surface area contributed by atoms with Crippen LogP contribution in [0.4, 0.5) is 31.8 Å². The van der Waals surface area contributed by atoms with Crippen molar-refractivity contribution in [2.24, 2.45) is 0 Å². The summed E-state index contributed by atoms with van der Waals surface area (Å²) >= 11 is 0. The molecule has 3 aromatic carbocycles. The molecule has 0 saturated carbocycles. The van der Waals surface area contributed by atoms with Gasteiger partial charge in [-0.3, -0.25) is 43.3 Å². The summed E-state index contributed by atoms with van der Waals surface area (Å²) in [6.07, 6.45) is 0.124. The Morgan fingerprint density at radius 2 is 0.748 bits per heavy atom. The fourth-order valence-electron chi connectivity index (χ4n) is 12.3. The summed E-state index contributed by atoms with van der Waals surface area (Å²) in [5.41, 5.74) is 4.46. The van der Waals surface area contributed by atoms with E-state index < -0.39 is 154 Å². The molecule has 45 heteroatoms. The van der Waals surface area contributed by atoms with Crippen molar-refractivity contribution >= 4 is 98.6 Å². The molecule has 6 aliphatic heterocycles. The highest BCUT2D eigenvalue weighted by Crippen LogP contribution is 2.49. The predicted molar refractivity (Wildman–Crippen MR) is 360 cm³/mol. The van der Waals surface area contributed by atoms with Gasteiger partial charge in [0, 0.05) is 30.8 Å². The monoisotopic (exact) mass is 1540 g/mol. The molecule has 6 aliphatic rings. The Hall–Kier alpha value is -9.17. The quantitative estimate of drug-likeness (QED) is 0.0440. The van der Waals surface area contributed by atoms with Gasteiger partial charge in [0.25, 0.3) is 23.5 Å². The summed E-state index contributed by atoms with van der Waals surface area (Å²) in [7, 11) is -15.0. The highest BCUT2D eigenvalue weighted by Gasteiger charge is 2.57. The minimum absolute atomic E-state index is 0.198. The molecule has 0 spiro atoms. The second-order valence-electron chi connectivity index (χ2n) is 23.8. The van der Waals surface area contributed by atoms with E-state index >= 15 is 0 Å². The van der Waals surface area contributed by atoms with E-state index in [1.54, 1.807) is 40.5 Å². The van der Waals surface area contributed by atoms with E-state index in [0.717, 1.165) is 16.7 Å². The van der Waals surface area contributed by atoms with Crippen LogP contribution < -0.4 is 46.6 Å². The molecule has 107 heavy (non-hydrogen) atoms. The van der Waals surface area contributed by atoms with Gasteiger partial charge in [0.15, 0.2) is 88.5 Å². The van der Waals surface area contributed by atoms with E-state index in [0.29, 0.717) is 53.1 Å². The molecule has 0 bridgehead atoms. The van der Waals surface area contributed by atoms with Crippen LogP contribution in [0, 0.1) is 0 Å². The first-order chi connectivity index (χ1) is 51.5. The van der Waals surface area contributed by atoms with Gasteiger partial charge < -0.3 is 102 Å². The van der Waals surface area contributed by atoms with Gasteiger partial charge in [0.2, 0.25) is 0 Å². The Bertz CT molecular complexity index is 4580. The fraction of sp³-hybridized carbons (Fsp3) is 0.387. The molecule has 0 radical (unpaired) electrons. The molecule has 42 nitrogen and oxygen atoms in total. The molecule has 12 heterocycles. The van der Waals surface area contributed by atoms with E-state index in [1.165, 1.54) is 38.0 Å². The molecule has 0 aliphatic carbocycles. The van der Waals surface area contributed by atoms with Crippen LogP contribution in [0.5, 0.6) is 0 Å². The number of benzene rings is 3. The molecule has 6 aromatic heterocycles. The number of carbonyl (C=O) groups excluding carboxylic acids is 3. The number of phosphoric acid groups is 3. The number of nitrogens with one attached hydrogen (secondary N) is 6. The van der Waals surface area contributed by atoms with Crippen LogP contribution in [-0.4, -0.2) is 192 Å². The van der Waals surface area contributed by atoms with Crippen molar-refractivity contribution in [3.63, 3.8) is 0 Å². The summed E-state index contributed by atoms with van der Waals surface area (Å²) in [5.74, 6) is 0.601. The van der Waals surface area contributed by atoms with Crippen molar-refractivity contribution in [1.29, 1.82) is 0 Å². The van der Waals surface area contributed by atoms with Crippen LogP contribution in [-0.2, 0) is 69.9 Å². The van der Waals surface area contributed by atoms with E-state index in [2.05, 4.69) is 90.3 Å². The minimum atomic E-state index is -4.99. The molecular weight excluding hydrogens is 1470 g/mol. The van der Waals surface area contributed by atoms with Gasteiger partial charge in [0.1, 0.15) is 73.9 Å². The van der Waals surface area contributed by atoms with Crippen LogP contribution in [0.15, 0.2) is 135 Å². The number of amides is 6. The maximum Gasteiger partial charge on any atom is 0.320 e. The number of urea groups is 3. The Morgan fingerprint density at radius 3 is 1.08 bits per heavy atom. The SMILES string of the molecule is CCNC(=O)Nc1ncnc2c1ncn2[C@@H]1O[C@H](COP(=O)([O-])O)C2O[C@@H](c3ccccc3)O[C@@H]21.CCNC(=O)Nc1ncnc2c1ncn2[C@@H]1O[C@H](COP(=O)([O-])O)C2O[C@H](/C=C/c3ccccc3)O[C@@H]21.CCNC(=O)Nc1ncnc2c1ncn2[C@@H]1O[C@H](COP(=O)([O-])O)C2O[C@H](c3ccccc3)O[C@@H]21. The largest absolute Gasteiger partial charge is 0.756 e. The van der Waals surface area contributed by atoms with Crippen molar-refractivity contribution in [2.45, 2.75) is 113 Å². The number of phosphoric ester groups is 3. The van der Waals surface area contributed by atoms with Crippen LogP contribution in [0.3, 0.4) is 0 Å². The molecule has 9 N–H and O–H groups in total. The lowest BCUT2D eigenvalue weighted by molar-refractivity contribution is -0.225. The minimum Gasteiger partial charge on any atom is -0.756 e. The molecule has 9 aromatic rings. The van der Waals surface area contributed by atoms with E-state index in [4.69, 9.17) is 57.3 Å². The molecule has 18 atom stereocenters. The number of nitrogens with zero attached hydrogens (tertiary/aromatic N) is 12. The first-order valence-corrected chi connectivity index (χ1v) is 37.4. The van der Waals surface area contributed by atoms with Gasteiger partial charge >= 0.3 is 18.1 Å². The average molecular weight is 1540 g/mol. The Morgan fingerprint density at radius 1 is 0.439 bits per heavy atom. The smallest absolute Gasteiger partial charge is 0.320 e. The molecule has 6 saturated heterocycles. The summed E-state index contributed by atoms with van der Waals surface area (Å²) in [6, 6.07) is 26.7. The van der Waals surface area contributed by atoms with Crippen molar-refractivity contribution in [3.8, 4) is 0 Å². The second-order valence-corrected chi connectivity index (χ2v) is 27.4. The number of anilines is 3. The summed E-state index contributed by atoms with van der Waals surface area (Å²) in [4.78, 5) is 135. The normalized spacial score (nSPS) is 27.2. The highest BCUT2D eigenvalue weighted by atomic mass is 31.2. The van der Waals surface area contributed by atoms with Crippen LogP contribution in [0.2, 0.25) is 0 Å². The summed E-state index contributed by atoms with van der Waals surface area (Å²) in [5, 5.41) is 15.7.